The van der Waals surface area contributed by atoms with E-state index in [0.29, 0.717) is 35.7 Å². The lowest BCUT2D eigenvalue weighted by Crippen LogP contribution is -2.37. The summed E-state index contributed by atoms with van der Waals surface area (Å²) in [4.78, 5) is 30.9. The molecule has 1 aliphatic heterocycles. The summed E-state index contributed by atoms with van der Waals surface area (Å²) >= 11 is 6.05. The topological polar surface area (TPSA) is 93.2 Å². The number of halogens is 1. The zero-order valence-corrected chi connectivity index (χ0v) is 18.3. The lowest BCUT2D eigenvalue weighted by atomic mass is 9.95. The number of benzene rings is 2. The average molecular weight is 462 g/mol. The maximum Gasteiger partial charge on any atom is 0.241 e. The number of aryl methyl sites for hydroxylation is 1. The SMILES string of the molecule is O=C(C1=C([O-])C(=O)N(CCC[n+]2cc[nH]c2)C1c1ccc(Cl)cc1)c1cc2ccccc2o1. The van der Waals surface area contributed by atoms with Gasteiger partial charge in [-0.1, -0.05) is 41.9 Å². The molecule has 8 heteroatoms. The Morgan fingerprint density at radius 3 is 2.70 bits per heavy atom. The van der Waals surface area contributed by atoms with E-state index in [0.717, 1.165) is 5.39 Å². The summed E-state index contributed by atoms with van der Waals surface area (Å²) in [6, 6.07) is 14.8. The van der Waals surface area contributed by atoms with Crippen LogP contribution in [-0.4, -0.2) is 28.1 Å². The molecule has 0 spiro atoms. The molecule has 1 aliphatic rings. The first kappa shape index (κ1) is 21.0. The van der Waals surface area contributed by atoms with Crippen LogP contribution in [0.3, 0.4) is 0 Å². The van der Waals surface area contributed by atoms with E-state index in [1.165, 1.54) is 4.90 Å². The van der Waals surface area contributed by atoms with Crippen LogP contribution in [0.15, 0.2) is 89.1 Å². The molecule has 5 rings (SSSR count). The minimum atomic E-state index is -0.806. The number of hydrogen-bond donors (Lipinski definition) is 1. The summed E-state index contributed by atoms with van der Waals surface area (Å²) in [6.45, 7) is 0.967. The van der Waals surface area contributed by atoms with Crippen molar-refractivity contribution in [3.05, 3.63) is 101 Å². The Bertz CT molecular complexity index is 1320. The van der Waals surface area contributed by atoms with Gasteiger partial charge in [0.2, 0.25) is 18.0 Å². The van der Waals surface area contributed by atoms with Gasteiger partial charge in [-0.3, -0.25) is 14.6 Å². The van der Waals surface area contributed by atoms with Gasteiger partial charge < -0.3 is 14.4 Å². The normalized spacial score (nSPS) is 16.2. The summed E-state index contributed by atoms with van der Waals surface area (Å²) in [5.74, 6) is -2.02. The van der Waals surface area contributed by atoms with Crippen molar-refractivity contribution >= 4 is 34.3 Å². The highest BCUT2D eigenvalue weighted by atomic mass is 35.5. The van der Waals surface area contributed by atoms with Crippen LogP contribution in [0, 0.1) is 0 Å². The van der Waals surface area contributed by atoms with Gasteiger partial charge in [-0.15, -0.1) is 0 Å². The van der Waals surface area contributed by atoms with Gasteiger partial charge in [0.15, 0.2) is 5.76 Å². The van der Waals surface area contributed by atoms with Crippen molar-refractivity contribution in [2.24, 2.45) is 0 Å². The van der Waals surface area contributed by atoms with Crippen LogP contribution in [-0.2, 0) is 11.3 Å². The number of aromatic amines is 1. The Morgan fingerprint density at radius 1 is 1.18 bits per heavy atom. The fourth-order valence-corrected chi connectivity index (χ4v) is 4.33. The first-order valence-corrected chi connectivity index (χ1v) is 10.9. The van der Waals surface area contributed by atoms with Crippen LogP contribution < -0.4 is 9.67 Å². The quantitative estimate of drug-likeness (QED) is 0.338. The Labute approximate surface area is 194 Å². The van der Waals surface area contributed by atoms with Crippen LogP contribution in [0.5, 0.6) is 0 Å². The van der Waals surface area contributed by atoms with E-state index in [1.54, 1.807) is 48.7 Å². The lowest BCUT2D eigenvalue weighted by molar-refractivity contribution is -0.695. The Balaban J connectivity index is 1.50. The zero-order valence-electron chi connectivity index (χ0n) is 17.5. The number of nitrogens with one attached hydrogen (secondary N) is 1. The van der Waals surface area contributed by atoms with E-state index in [9.17, 15) is 14.7 Å². The molecular formula is C25H20ClN3O4. The first-order chi connectivity index (χ1) is 16.0. The molecule has 0 fully saturated rings. The number of H-pyrrole nitrogens is 1. The van der Waals surface area contributed by atoms with Gasteiger partial charge in [0.25, 0.3) is 0 Å². The van der Waals surface area contributed by atoms with Crippen molar-refractivity contribution in [3.8, 4) is 0 Å². The predicted molar refractivity (Wildman–Crippen MR) is 119 cm³/mol. The second-order valence-corrected chi connectivity index (χ2v) is 8.31. The number of aromatic nitrogens is 2. The van der Waals surface area contributed by atoms with E-state index >= 15 is 0 Å². The first-order valence-electron chi connectivity index (χ1n) is 10.6. The van der Waals surface area contributed by atoms with Crippen molar-refractivity contribution < 1.29 is 23.7 Å². The van der Waals surface area contributed by atoms with E-state index in [1.807, 2.05) is 29.2 Å². The number of fused-ring (bicyclic) bond motifs is 1. The van der Waals surface area contributed by atoms with E-state index in [4.69, 9.17) is 16.0 Å². The maximum absolute atomic E-state index is 13.5. The molecule has 1 unspecified atom stereocenters. The molecule has 166 valence electrons. The van der Waals surface area contributed by atoms with Gasteiger partial charge >= 0.3 is 0 Å². The van der Waals surface area contributed by atoms with Crippen LogP contribution in [0.4, 0.5) is 0 Å². The van der Waals surface area contributed by atoms with Crippen LogP contribution in [0.25, 0.3) is 11.0 Å². The Kier molecular flexibility index (Phi) is 5.48. The largest absolute Gasteiger partial charge is 0.868 e. The predicted octanol–water partition coefficient (Wildman–Crippen LogP) is 3.17. The number of ketones is 1. The third kappa shape index (κ3) is 3.91. The minimum absolute atomic E-state index is 0.0380. The number of nitrogens with zero attached hydrogens (tertiary/aromatic N) is 2. The summed E-state index contributed by atoms with van der Waals surface area (Å²) in [6.07, 6.45) is 6.11. The number of furan rings is 1. The van der Waals surface area contributed by atoms with E-state index in [-0.39, 0.29) is 11.3 Å². The fourth-order valence-electron chi connectivity index (χ4n) is 4.20. The molecule has 2 aromatic carbocycles. The molecule has 33 heavy (non-hydrogen) atoms. The summed E-state index contributed by atoms with van der Waals surface area (Å²) < 4.78 is 7.66. The number of Topliss-reactive ketones (excluding diaryl/α,β-unsaturated/α-hetero) is 1. The van der Waals surface area contributed by atoms with Gasteiger partial charge in [-0.05, 0) is 35.6 Å². The molecule has 1 atom stereocenters. The lowest BCUT2D eigenvalue weighted by Gasteiger charge is -2.27. The monoisotopic (exact) mass is 461 g/mol. The standard InChI is InChI=1S/C25H20ClN3O4/c26-18-8-6-16(7-9-18)22-21(23(30)20-14-17-4-1-2-5-19(17)33-20)24(31)25(32)29(22)12-3-11-28-13-10-27-15-28/h1-2,4-10,13-15,22H,3,11-12H2,(H,30,31). The van der Waals surface area contributed by atoms with Gasteiger partial charge in [-0.25, -0.2) is 4.57 Å². The van der Waals surface area contributed by atoms with Crippen LogP contribution in [0.1, 0.15) is 28.6 Å². The Hall–Kier alpha value is -3.84. The molecule has 1 amide bonds. The highest BCUT2D eigenvalue weighted by Crippen LogP contribution is 2.39. The second-order valence-electron chi connectivity index (χ2n) is 7.88. The number of hydrogen-bond acceptors (Lipinski definition) is 4. The van der Waals surface area contributed by atoms with Crippen molar-refractivity contribution in [1.82, 2.24) is 9.88 Å². The molecule has 0 bridgehead atoms. The molecule has 1 N–H and O–H groups in total. The second kappa shape index (κ2) is 8.60. The molecule has 0 saturated heterocycles. The number of carbonyl (C=O) groups is 2. The van der Waals surface area contributed by atoms with Crippen molar-refractivity contribution in [3.63, 3.8) is 0 Å². The van der Waals surface area contributed by atoms with Crippen LogP contribution in [0.2, 0.25) is 5.02 Å². The number of para-hydroxylation sites is 1. The van der Waals surface area contributed by atoms with Gasteiger partial charge in [-0.2, -0.15) is 0 Å². The van der Waals surface area contributed by atoms with Gasteiger partial charge in [0, 0.05) is 28.9 Å². The molecule has 7 nitrogen and oxygen atoms in total. The number of rotatable bonds is 7. The third-order valence-corrected chi connectivity index (χ3v) is 6.03. The molecular weight excluding hydrogens is 442 g/mol. The minimum Gasteiger partial charge on any atom is -0.868 e. The van der Waals surface area contributed by atoms with Crippen molar-refractivity contribution in [2.45, 2.75) is 19.0 Å². The molecule has 0 radical (unpaired) electrons. The van der Waals surface area contributed by atoms with Crippen LogP contribution >= 0.6 is 11.6 Å². The van der Waals surface area contributed by atoms with E-state index in [2.05, 4.69) is 4.98 Å². The average Bonchev–Trinajstić information content (AvgIpc) is 3.54. The summed E-state index contributed by atoms with van der Waals surface area (Å²) in [5, 5.41) is 14.3. The fraction of sp³-hybridized carbons (Fsp3) is 0.160. The molecule has 0 aliphatic carbocycles. The van der Waals surface area contributed by atoms with Gasteiger partial charge in [0.1, 0.15) is 18.0 Å². The van der Waals surface area contributed by atoms with E-state index < -0.39 is 23.5 Å². The number of imidazole rings is 1. The summed E-state index contributed by atoms with van der Waals surface area (Å²) in [5.41, 5.74) is 1.09. The van der Waals surface area contributed by atoms with Gasteiger partial charge in [0.05, 0.1) is 12.6 Å². The smallest absolute Gasteiger partial charge is 0.241 e. The third-order valence-electron chi connectivity index (χ3n) is 5.78. The number of carbonyl (C=O) groups excluding carboxylic acids is 2. The summed E-state index contributed by atoms with van der Waals surface area (Å²) in [7, 11) is 0. The Morgan fingerprint density at radius 2 is 1.97 bits per heavy atom. The number of amides is 1. The highest BCUT2D eigenvalue weighted by Gasteiger charge is 2.40. The zero-order chi connectivity index (χ0) is 22.9. The molecule has 2 aromatic heterocycles. The molecule has 0 saturated carbocycles. The molecule has 3 heterocycles. The van der Waals surface area contributed by atoms with Crippen molar-refractivity contribution in [2.75, 3.05) is 6.54 Å². The van der Waals surface area contributed by atoms with Crippen molar-refractivity contribution in [1.29, 1.82) is 0 Å². The highest BCUT2D eigenvalue weighted by molar-refractivity contribution is 6.30. The molecule has 4 aromatic rings. The maximum atomic E-state index is 13.5.